The number of carbonyl (C=O) groups excluding carboxylic acids is 1. The van der Waals surface area contributed by atoms with Crippen LogP contribution in [0.3, 0.4) is 0 Å². The summed E-state index contributed by atoms with van der Waals surface area (Å²) in [5, 5.41) is 11.7. The number of carboxylic acid groups (broad SMARTS) is 1. The molecule has 0 unspecified atom stereocenters. The summed E-state index contributed by atoms with van der Waals surface area (Å²) in [5.41, 5.74) is 6.64. The minimum Gasteiger partial charge on any atom is -0.481 e. The third kappa shape index (κ3) is 3.32. The second kappa shape index (κ2) is 5.84. The molecule has 0 heterocycles. The highest BCUT2D eigenvalue weighted by Crippen LogP contribution is 2.26. The van der Waals surface area contributed by atoms with Gasteiger partial charge in [-0.05, 0) is 24.8 Å². The highest BCUT2D eigenvalue weighted by molar-refractivity contribution is 5.83. The SMILES string of the molecule is N[C@@H](C(=O)N[C@H]1CC[C@@H](C(=O)O)C1)c1ccccc1. The lowest BCUT2D eigenvalue weighted by molar-refractivity contribution is -0.141. The van der Waals surface area contributed by atoms with Gasteiger partial charge in [0.15, 0.2) is 0 Å². The number of carboxylic acids is 1. The average molecular weight is 262 g/mol. The third-order valence-corrected chi connectivity index (χ3v) is 3.57. The molecule has 1 fully saturated rings. The molecule has 1 saturated carbocycles. The van der Waals surface area contributed by atoms with Gasteiger partial charge >= 0.3 is 5.97 Å². The number of carbonyl (C=O) groups is 2. The van der Waals surface area contributed by atoms with Gasteiger partial charge in [-0.3, -0.25) is 9.59 Å². The molecule has 1 aromatic carbocycles. The number of hydrogen-bond donors (Lipinski definition) is 3. The van der Waals surface area contributed by atoms with E-state index in [9.17, 15) is 9.59 Å². The molecule has 0 spiro atoms. The molecule has 4 N–H and O–H groups in total. The van der Waals surface area contributed by atoms with Crippen LogP contribution in [-0.4, -0.2) is 23.0 Å². The van der Waals surface area contributed by atoms with Crippen LogP contribution in [0.25, 0.3) is 0 Å². The fourth-order valence-corrected chi connectivity index (χ4v) is 2.44. The van der Waals surface area contributed by atoms with Crippen molar-refractivity contribution < 1.29 is 14.7 Å². The molecular formula is C14H18N2O3. The van der Waals surface area contributed by atoms with Crippen molar-refractivity contribution >= 4 is 11.9 Å². The smallest absolute Gasteiger partial charge is 0.306 e. The Labute approximate surface area is 111 Å². The molecule has 3 atom stereocenters. The molecule has 5 heteroatoms. The van der Waals surface area contributed by atoms with Crippen LogP contribution in [0.4, 0.5) is 0 Å². The Morgan fingerprint density at radius 2 is 1.95 bits per heavy atom. The molecule has 5 nitrogen and oxygen atoms in total. The van der Waals surface area contributed by atoms with Crippen molar-refractivity contribution in [3.05, 3.63) is 35.9 Å². The van der Waals surface area contributed by atoms with Gasteiger partial charge in [0.2, 0.25) is 5.91 Å². The lowest BCUT2D eigenvalue weighted by atomic mass is 10.1. The Kier molecular flexibility index (Phi) is 4.16. The summed E-state index contributed by atoms with van der Waals surface area (Å²) in [5.74, 6) is -1.38. The number of rotatable bonds is 4. The van der Waals surface area contributed by atoms with E-state index in [1.807, 2.05) is 18.2 Å². The summed E-state index contributed by atoms with van der Waals surface area (Å²) in [6.45, 7) is 0. The van der Waals surface area contributed by atoms with Gasteiger partial charge in [-0.1, -0.05) is 30.3 Å². The van der Waals surface area contributed by atoms with Crippen molar-refractivity contribution in [1.82, 2.24) is 5.32 Å². The normalized spacial score (nSPS) is 23.8. The highest BCUT2D eigenvalue weighted by Gasteiger charge is 2.31. The maximum Gasteiger partial charge on any atom is 0.306 e. The van der Waals surface area contributed by atoms with Gasteiger partial charge in [0.05, 0.1) is 5.92 Å². The third-order valence-electron chi connectivity index (χ3n) is 3.57. The molecule has 1 aliphatic carbocycles. The summed E-state index contributed by atoms with van der Waals surface area (Å²) in [6, 6.07) is 8.35. The van der Waals surface area contributed by atoms with E-state index in [1.54, 1.807) is 12.1 Å². The largest absolute Gasteiger partial charge is 0.481 e. The first-order valence-corrected chi connectivity index (χ1v) is 6.41. The first-order valence-electron chi connectivity index (χ1n) is 6.41. The van der Waals surface area contributed by atoms with E-state index in [0.29, 0.717) is 19.3 Å². The average Bonchev–Trinajstić information content (AvgIpc) is 2.87. The van der Waals surface area contributed by atoms with Crippen LogP contribution in [0, 0.1) is 5.92 Å². The van der Waals surface area contributed by atoms with E-state index in [-0.39, 0.29) is 17.9 Å². The first kappa shape index (κ1) is 13.5. The van der Waals surface area contributed by atoms with Crippen molar-refractivity contribution in [3.63, 3.8) is 0 Å². The maximum atomic E-state index is 12.0. The zero-order valence-corrected chi connectivity index (χ0v) is 10.6. The van der Waals surface area contributed by atoms with Gasteiger partial charge in [0, 0.05) is 6.04 Å². The topological polar surface area (TPSA) is 92.4 Å². The molecule has 2 rings (SSSR count). The Morgan fingerprint density at radius 3 is 2.53 bits per heavy atom. The Balaban J connectivity index is 1.90. The Bertz CT molecular complexity index is 461. The van der Waals surface area contributed by atoms with Gasteiger partial charge in [0.25, 0.3) is 0 Å². The predicted molar refractivity (Wildman–Crippen MR) is 70.3 cm³/mol. The standard InChI is InChI=1S/C14H18N2O3/c15-12(9-4-2-1-3-5-9)13(17)16-11-7-6-10(8-11)14(18)19/h1-5,10-12H,6-8,15H2,(H,16,17)(H,18,19)/t10-,11+,12-/m1/s1. The van der Waals surface area contributed by atoms with E-state index in [2.05, 4.69) is 5.32 Å². The monoisotopic (exact) mass is 262 g/mol. The molecule has 102 valence electrons. The molecule has 0 saturated heterocycles. The molecule has 0 radical (unpaired) electrons. The quantitative estimate of drug-likeness (QED) is 0.756. The Morgan fingerprint density at radius 1 is 1.26 bits per heavy atom. The molecule has 1 aromatic rings. The minimum atomic E-state index is -0.788. The van der Waals surface area contributed by atoms with Gasteiger partial charge in [-0.25, -0.2) is 0 Å². The number of hydrogen-bond acceptors (Lipinski definition) is 3. The van der Waals surface area contributed by atoms with E-state index in [1.165, 1.54) is 0 Å². The van der Waals surface area contributed by atoms with Crippen LogP contribution in [0.5, 0.6) is 0 Å². The molecular weight excluding hydrogens is 244 g/mol. The van der Waals surface area contributed by atoms with Crippen molar-refractivity contribution in [2.75, 3.05) is 0 Å². The van der Waals surface area contributed by atoms with Crippen molar-refractivity contribution in [3.8, 4) is 0 Å². The maximum absolute atomic E-state index is 12.0. The zero-order chi connectivity index (χ0) is 13.8. The van der Waals surface area contributed by atoms with Crippen LogP contribution in [0.15, 0.2) is 30.3 Å². The van der Waals surface area contributed by atoms with Crippen LogP contribution in [0.2, 0.25) is 0 Å². The molecule has 1 aliphatic rings. The number of aliphatic carboxylic acids is 1. The fourth-order valence-electron chi connectivity index (χ4n) is 2.44. The molecule has 0 aromatic heterocycles. The van der Waals surface area contributed by atoms with Crippen molar-refractivity contribution in [2.45, 2.75) is 31.3 Å². The van der Waals surface area contributed by atoms with Gasteiger partial charge in [-0.2, -0.15) is 0 Å². The molecule has 0 bridgehead atoms. The molecule has 0 aliphatic heterocycles. The first-order chi connectivity index (χ1) is 9.08. The van der Waals surface area contributed by atoms with Gasteiger partial charge < -0.3 is 16.2 Å². The van der Waals surface area contributed by atoms with Crippen molar-refractivity contribution in [2.24, 2.45) is 11.7 Å². The van der Waals surface area contributed by atoms with Gasteiger partial charge in [-0.15, -0.1) is 0 Å². The predicted octanol–water partition coefficient (Wildman–Crippen LogP) is 1.06. The number of nitrogens with two attached hydrogens (primary N) is 1. The molecule has 1 amide bonds. The van der Waals surface area contributed by atoms with Gasteiger partial charge in [0.1, 0.15) is 6.04 Å². The number of amides is 1. The summed E-state index contributed by atoms with van der Waals surface area (Å²) in [7, 11) is 0. The van der Waals surface area contributed by atoms with E-state index in [4.69, 9.17) is 10.8 Å². The van der Waals surface area contributed by atoms with E-state index in [0.717, 1.165) is 5.56 Å². The van der Waals surface area contributed by atoms with Crippen LogP contribution in [-0.2, 0) is 9.59 Å². The summed E-state index contributed by atoms with van der Waals surface area (Å²) < 4.78 is 0. The highest BCUT2D eigenvalue weighted by atomic mass is 16.4. The molecule has 19 heavy (non-hydrogen) atoms. The second-order valence-electron chi connectivity index (χ2n) is 4.94. The second-order valence-corrected chi connectivity index (χ2v) is 4.94. The summed E-state index contributed by atoms with van der Waals surface area (Å²) in [6.07, 6.45) is 1.80. The zero-order valence-electron chi connectivity index (χ0n) is 10.6. The Hall–Kier alpha value is -1.88. The van der Waals surface area contributed by atoms with Crippen molar-refractivity contribution in [1.29, 1.82) is 0 Å². The van der Waals surface area contributed by atoms with E-state index < -0.39 is 12.0 Å². The minimum absolute atomic E-state index is 0.0802. The number of nitrogens with one attached hydrogen (secondary N) is 1. The van der Waals surface area contributed by atoms with Crippen LogP contribution < -0.4 is 11.1 Å². The van der Waals surface area contributed by atoms with Crippen LogP contribution in [0.1, 0.15) is 30.9 Å². The lowest BCUT2D eigenvalue weighted by Crippen LogP contribution is -2.39. The van der Waals surface area contributed by atoms with E-state index >= 15 is 0 Å². The lowest BCUT2D eigenvalue weighted by Gasteiger charge is -2.17. The number of benzene rings is 1. The van der Waals surface area contributed by atoms with Crippen LogP contribution >= 0.6 is 0 Å². The summed E-state index contributed by atoms with van der Waals surface area (Å²) in [4.78, 5) is 22.8. The fraction of sp³-hybridized carbons (Fsp3) is 0.429. The summed E-state index contributed by atoms with van der Waals surface area (Å²) >= 11 is 0.